The van der Waals surface area contributed by atoms with E-state index in [1.807, 2.05) is 0 Å². The summed E-state index contributed by atoms with van der Waals surface area (Å²) < 4.78 is 56.1. The molecule has 0 aliphatic heterocycles. The van der Waals surface area contributed by atoms with Crippen LogP contribution in [0.4, 0.5) is 17.6 Å². The molecule has 0 aliphatic carbocycles. The average molecular weight is 289 g/mol. The van der Waals surface area contributed by atoms with Crippen LogP contribution < -0.4 is 5.73 Å². The van der Waals surface area contributed by atoms with E-state index in [0.29, 0.717) is 5.56 Å². The lowest BCUT2D eigenvalue weighted by Crippen LogP contribution is -2.47. The predicted octanol–water partition coefficient (Wildman–Crippen LogP) is 2.92. The van der Waals surface area contributed by atoms with Crippen molar-refractivity contribution in [3.8, 4) is 11.4 Å². The van der Waals surface area contributed by atoms with Crippen LogP contribution >= 0.6 is 0 Å². The van der Waals surface area contributed by atoms with Crippen LogP contribution in [0.15, 0.2) is 22.7 Å². The molecular weight excluding hydrogens is 278 g/mol. The predicted molar refractivity (Wildman–Crippen MR) is 62.0 cm³/mol. The highest BCUT2D eigenvalue weighted by atomic mass is 19.4. The second-order valence-corrected chi connectivity index (χ2v) is 4.64. The Morgan fingerprint density at radius 2 is 1.85 bits per heavy atom. The molecule has 2 rings (SSSR count). The van der Waals surface area contributed by atoms with E-state index >= 15 is 0 Å². The standard InChI is InChI=1S/C12H11F4N3O/c1-6-3-7(5-8(13)4-6)9-18-10(20-19-9)11(2,17)12(14,15)16/h3-5H,17H2,1-2H3. The van der Waals surface area contributed by atoms with Crippen LogP contribution in [-0.2, 0) is 5.54 Å². The van der Waals surface area contributed by atoms with E-state index in [9.17, 15) is 17.6 Å². The van der Waals surface area contributed by atoms with Gasteiger partial charge in [0.15, 0.2) is 5.54 Å². The number of nitrogens with zero attached hydrogens (tertiary/aromatic N) is 2. The van der Waals surface area contributed by atoms with E-state index in [4.69, 9.17) is 5.73 Å². The molecule has 0 fully saturated rings. The minimum atomic E-state index is -4.74. The van der Waals surface area contributed by atoms with Crippen molar-refractivity contribution >= 4 is 0 Å². The van der Waals surface area contributed by atoms with Gasteiger partial charge in [-0.3, -0.25) is 0 Å². The Labute approximate surface area is 111 Å². The van der Waals surface area contributed by atoms with Crippen molar-refractivity contribution in [1.82, 2.24) is 10.1 Å². The van der Waals surface area contributed by atoms with Crippen molar-refractivity contribution in [2.24, 2.45) is 5.73 Å². The van der Waals surface area contributed by atoms with Crippen molar-refractivity contribution in [2.75, 3.05) is 0 Å². The molecule has 1 aromatic heterocycles. The molecule has 20 heavy (non-hydrogen) atoms. The lowest BCUT2D eigenvalue weighted by Gasteiger charge is -2.22. The van der Waals surface area contributed by atoms with Crippen LogP contribution in [0, 0.1) is 12.7 Å². The molecule has 0 amide bonds. The van der Waals surface area contributed by atoms with E-state index < -0.39 is 23.4 Å². The molecule has 1 unspecified atom stereocenters. The lowest BCUT2D eigenvalue weighted by atomic mass is 10.0. The van der Waals surface area contributed by atoms with Crippen molar-refractivity contribution in [1.29, 1.82) is 0 Å². The Morgan fingerprint density at radius 3 is 2.40 bits per heavy atom. The highest BCUT2D eigenvalue weighted by molar-refractivity contribution is 5.55. The monoisotopic (exact) mass is 289 g/mol. The Hall–Kier alpha value is -1.96. The van der Waals surface area contributed by atoms with Gasteiger partial charge < -0.3 is 10.3 Å². The highest BCUT2D eigenvalue weighted by Gasteiger charge is 2.53. The first-order valence-electron chi connectivity index (χ1n) is 5.58. The first-order valence-corrected chi connectivity index (χ1v) is 5.58. The van der Waals surface area contributed by atoms with Crippen LogP contribution in [0.5, 0.6) is 0 Å². The molecule has 1 aromatic carbocycles. The third-order valence-corrected chi connectivity index (χ3v) is 2.76. The maximum Gasteiger partial charge on any atom is 0.415 e. The second kappa shape index (κ2) is 4.55. The van der Waals surface area contributed by atoms with E-state index in [0.717, 1.165) is 13.0 Å². The number of benzene rings is 1. The molecule has 1 atom stereocenters. The molecule has 0 spiro atoms. The van der Waals surface area contributed by atoms with E-state index in [2.05, 4.69) is 14.7 Å². The molecule has 1 heterocycles. The fourth-order valence-corrected chi connectivity index (χ4v) is 1.54. The topological polar surface area (TPSA) is 64.9 Å². The molecule has 0 saturated heterocycles. The number of hydrogen-bond acceptors (Lipinski definition) is 4. The lowest BCUT2D eigenvalue weighted by molar-refractivity contribution is -0.190. The minimum absolute atomic E-state index is 0.150. The fourth-order valence-electron chi connectivity index (χ4n) is 1.54. The smallest absolute Gasteiger partial charge is 0.337 e. The molecular formula is C12H11F4N3O. The van der Waals surface area contributed by atoms with E-state index in [-0.39, 0.29) is 11.4 Å². The molecule has 0 bridgehead atoms. The first kappa shape index (κ1) is 14.4. The van der Waals surface area contributed by atoms with Crippen LogP contribution in [0.3, 0.4) is 0 Å². The van der Waals surface area contributed by atoms with Crippen LogP contribution in [-0.4, -0.2) is 16.3 Å². The maximum atomic E-state index is 13.3. The summed E-state index contributed by atoms with van der Waals surface area (Å²) in [5, 5.41) is 3.42. The van der Waals surface area contributed by atoms with Gasteiger partial charge in [0, 0.05) is 5.56 Å². The summed E-state index contributed by atoms with van der Waals surface area (Å²) in [5.74, 6) is -1.47. The van der Waals surface area contributed by atoms with E-state index in [1.54, 1.807) is 6.92 Å². The number of aromatic nitrogens is 2. The number of halogens is 4. The van der Waals surface area contributed by atoms with Gasteiger partial charge in [0.05, 0.1) is 0 Å². The van der Waals surface area contributed by atoms with Gasteiger partial charge in [0.1, 0.15) is 5.82 Å². The van der Waals surface area contributed by atoms with Crippen molar-refractivity contribution in [2.45, 2.75) is 25.6 Å². The van der Waals surface area contributed by atoms with Gasteiger partial charge in [0.2, 0.25) is 5.82 Å². The van der Waals surface area contributed by atoms with Crippen LogP contribution in [0.25, 0.3) is 11.4 Å². The molecule has 0 aliphatic rings. The Balaban J connectivity index is 2.43. The molecule has 0 saturated carbocycles. The van der Waals surface area contributed by atoms with Gasteiger partial charge >= 0.3 is 6.18 Å². The van der Waals surface area contributed by atoms with Gasteiger partial charge in [-0.05, 0) is 37.6 Å². The SMILES string of the molecule is Cc1cc(F)cc(-c2noc(C(C)(N)C(F)(F)F)n2)c1. The van der Waals surface area contributed by atoms with E-state index in [1.165, 1.54) is 12.1 Å². The zero-order chi connectivity index (χ0) is 15.1. The summed E-state index contributed by atoms with van der Waals surface area (Å²) in [6.45, 7) is 2.36. The maximum absolute atomic E-state index is 13.3. The summed E-state index contributed by atoms with van der Waals surface area (Å²) in [4.78, 5) is 3.61. The van der Waals surface area contributed by atoms with Crippen molar-refractivity contribution < 1.29 is 22.1 Å². The Morgan fingerprint density at radius 1 is 1.20 bits per heavy atom. The summed E-state index contributed by atoms with van der Waals surface area (Å²) in [6.07, 6.45) is -4.74. The molecule has 108 valence electrons. The Bertz CT molecular complexity index is 614. The summed E-state index contributed by atoms with van der Waals surface area (Å²) >= 11 is 0. The minimum Gasteiger partial charge on any atom is -0.337 e. The summed E-state index contributed by atoms with van der Waals surface area (Å²) in [7, 11) is 0. The number of rotatable bonds is 2. The van der Waals surface area contributed by atoms with Crippen LogP contribution in [0.1, 0.15) is 18.4 Å². The average Bonchev–Trinajstić information content (AvgIpc) is 2.75. The first-order chi connectivity index (χ1) is 9.11. The fraction of sp³-hybridized carbons (Fsp3) is 0.333. The highest BCUT2D eigenvalue weighted by Crippen LogP contribution is 2.36. The molecule has 2 aromatic rings. The van der Waals surface area contributed by atoms with Gasteiger partial charge in [-0.2, -0.15) is 18.2 Å². The Kier molecular flexibility index (Phi) is 3.29. The van der Waals surface area contributed by atoms with Gasteiger partial charge in [-0.15, -0.1) is 0 Å². The molecule has 8 heteroatoms. The summed E-state index contributed by atoms with van der Waals surface area (Å²) in [6, 6.07) is 3.90. The summed E-state index contributed by atoms with van der Waals surface area (Å²) in [5.41, 5.74) is 3.21. The molecule has 0 radical (unpaired) electrons. The molecule has 4 nitrogen and oxygen atoms in total. The zero-order valence-electron chi connectivity index (χ0n) is 10.6. The quantitative estimate of drug-likeness (QED) is 0.863. The number of alkyl halides is 3. The second-order valence-electron chi connectivity index (χ2n) is 4.64. The van der Waals surface area contributed by atoms with Gasteiger partial charge in [0.25, 0.3) is 5.89 Å². The van der Waals surface area contributed by atoms with Gasteiger partial charge in [-0.1, -0.05) is 5.16 Å². The largest absolute Gasteiger partial charge is 0.415 e. The number of nitrogens with two attached hydrogens (primary N) is 1. The van der Waals surface area contributed by atoms with Crippen molar-refractivity contribution in [3.05, 3.63) is 35.5 Å². The number of hydrogen-bond donors (Lipinski definition) is 1. The number of aryl methyl sites for hydroxylation is 1. The van der Waals surface area contributed by atoms with Crippen molar-refractivity contribution in [3.63, 3.8) is 0 Å². The van der Waals surface area contributed by atoms with Gasteiger partial charge in [-0.25, -0.2) is 4.39 Å². The molecule has 2 N–H and O–H groups in total. The van der Waals surface area contributed by atoms with Crippen LogP contribution in [0.2, 0.25) is 0 Å². The zero-order valence-corrected chi connectivity index (χ0v) is 10.6. The third-order valence-electron chi connectivity index (χ3n) is 2.76. The normalized spacial score (nSPS) is 15.2. The third kappa shape index (κ3) is 2.51.